The molecule has 180 valence electrons. The Morgan fingerprint density at radius 3 is 1.85 bits per heavy atom. The van der Waals surface area contributed by atoms with Gasteiger partial charge in [0.25, 0.3) is 0 Å². The van der Waals surface area contributed by atoms with E-state index in [1.807, 2.05) is 12.1 Å². The van der Waals surface area contributed by atoms with Crippen molar-refractivity contribution in [2.24, 2.45) is 11.8 Å². The third-order valence-electron chi connectivity index (χ3n) is 6.77. The highest BCUT2D eigenvalue weighted by Crippen LogP contribution is 2.38. The fourth-order valence-corrected chi connectivity index (χ4v) is 4.60. The van der Waals surface area contributed by atoms with Crippen LogP contribution in [0.25, 0.3) is 11.7 Å². The standard InChI is InChI=1S/C27H31F5O/c1-3-18-4-8-20(9-5-18)21-12-14-23(15-13-21)26(29)25(28)22-10-6-19(7-11-22)16-24(17-33-2)27(30,31)32/h6-7,10-15,18,20,24H,3-5,8-9,16-17H2,1-2H3/b26-25-. The number of methoxy groups -OCH3 is 1. The monoisotopic (exact) mass is 466 g/mol. The molecule has 0 heterocycles. The summed E-state index contributed by atoms with van der Waals surface area (Å²) in [5.41, 5.74) is 1.68. The Bertz CT molecular complexity index is 907. The third-order valence-corrected chi connectivity index (χ3v) is 6.77. The SMILES string of the molecule is CCC1CCC(c2ccc(/C(F)=C(/F)c3ccc(CC(COC)C(F)(F)F)cc3)cc2)CC1. The van der Waals surface area contributed by atoms with Crippen LogP contribution in [0.4, 0.5) is 22.0 Å². The van der Waals surface area contributed by atoms with Gasteiger partial charge in [0.2, 0.25) is 0 Å². The topological polar surface area (TPSA) is 9.23 Å². The van der Waals surface area contributed by atoms with Crippen molar-refractivity contribution in [1.29, 1.82) is 0 Å². The van der Waals surface area contributed by atoms with Crippen molar-refractivity contribution >= 4 is 11.7 Å². The summed E-state index contributed by atoms with van der Waals surface area (Å²) < 4.78 is 73.4. The van der Waals surface area contributed by atoms with Crippen LogP contribution in [0.1, 0.15) is 67.2 Å². The smallest absolute Gasteiger partial charge is 0.384 e. The highest BCUT2D eigenvalue weighted by atomic mass is 19.4. The van der Waals surface area contributed by atoms with Crippen molar-refractivity contribution in [2.75, 3.05) is 13.7 Å². The predicted octanol–water partition coefficient (Wildman–Crippen LogP) is 8.50. The fraction of sp³-hybridized carbons (Fsp3) is 0.481. The molecule has 1 nitrogen and oxygen atoms in total. The van der Waals surface area contributed by atoms with Gasteiger partial charge in [0.1, 0.15) is 0 Å². The van der Waals surface area contributed by atoms with Crippen LogP contribution >= 0.6 is 0 Å². The molecule has 0 aliphatic heterocycles. The van der Waals surface area contributed by atoms with E-state index in [1.165, 1.54) is 50.6 Å². The van der Waals surface area contributed by atoms with Gasteiger partial charge in [-0.3, -0.25) is 0 Å². The lowest BCUT2D eigenvalue weighted by molar-refractivity contribution is -0.185. The van der Waals surface area contributed by atoms with E-state index < -0.39 is 30.4 Å². The predicted molar refractivity (Wildman–Crippen MR) is 122 cm³/mol. The zero-order valence-corrected chi connectivity index (χ0v) is 19.1. The molecule has 3 rings (SSSR count). The summed E-state index contributed by atoms with van der Waals surface area (Å²) in [5, 5.41) is 0. The molecular weight excluding hydrogens is 435 g/mol. The molecule has 1 unspecified atom stereocenters. The van der Waals surface area contributed by atoms with E-state index in [0.29, 0.717) is 11.5 Å². The molecule has 1 aliphatic carbocycles. The van der Waals surface area contributed by atoms with E-state index in [4.69, 9.17) is 0 Å². The maximum Gasteiger partial charge on any atom is 0.394 e. The highest BCUT2D eigenvalue weighted by Gasteiger charge is 2.39. The number of halogens is 5. The van der Waals surface area contributed by atoms with Crippen molar-refractivity contribution < 1.29 is 26.7 Å². The van der Waals surface area contributed by atoms with Gasteiger partial charge in [-0.2, -0.15) is 13.2 Å². The molecule has 0 saturated heterocycles. The summed E-state index contributed by atoms with van der Waals surface area (Å²) in [5.74, 6) is -2.40. The second-order valence-electron chi connectivity index (χ2n) is 8.97. The van der Waals surface area contributed by atoms with Gasteiger partial charge >= 0.3 is 6.18 Å². The molecular formula is C27H31F5O. The first-order valence-electron chi connectivity index (χ1n) is 11.5. The maximum absolute atomic E-state index is 14.8. The summed E-state index contributed by atoms with van der Waals surface area (Å²) in [7, 11) is 1.22. The van der Waals surface area contributed by atoms with Gasteiger partial charge in [0, 0.05) is 18.2 Å². The fourth-order valence-electron chi connectivity index (χ4n) is 4.60. The van der Waals surface area contributed by atoms with E-state index >= 15 is 0 Å². The number of benzene rings is 2. The van der Waals surface area contributed by atoms with Crippen LogP contribution in [0.15, 0.2) is 48.5 Å². The highest BCUT2D eigenvalue weighted by molar-refractivity contribution is 5.83. The van der Waals surface area contributed by atoms with Crippen molar-refractivity contribution in [3.63, 3.8) is 0 Å². The zero-order valence-electron chi connectivity index (χ0n) is 19.1. The van der Waals surface area contributed by atoms with Crippen molar-refractivity contribution in [1.82, 2.24) is 0 Å². The minimum absolute atomic E-state index is 0.00600. The molecule has 0 radical (unpaired) electrons. The average Bonchev–Trinajstić information content (AvgIpc) is 2.83. The van der Waals surface area contributed by atoms with Crippen LogP contribution in [0.2, 0.25) is 0 Å². The maximum atomic E-state index is 14.8. The van der Waals surface area contributed by atoms with E-state index in [0.717, 1.165) is 24.3 Å². The Hall–Kier alpha value is -2.21. The first kappa shape index (κ1) is 25.4. The molecule has 0 N–H and O–H groups in total. The first-order chi connectivity index (χ1) is 15.7. The van der Waals surface area contributed by atoms with E-state index in [9.17, 15) is 22.0 Å². The number of hydrogen-bond acceptors (Lipinski definition) is 1. The van der Waals surface area contributed by atoms with Gasteiger partial charge < -0.3 is 4.74 Å². The quantitative estimate of drug-likeness (QED) is 0.280. The molecule has 2 aromatic rings. The average molecular weight is 467 g/mol. The minimum Gasteiger partial charge on any atom is -0.384 e. The van der Waals surface area contributed by atoms with Gasteiger partial charge in [-0.15, -0.1) is 0 Å². The molecule has 1 aliphatic rings. The summed E-state index contributed by atoms with van der Waals surface area (Å²) in [6.07, 6.45) is 1.18. The summed E-state index contributed by atoms with van der Waals surface area (Å²) in [4.78, 5) is 0. The zero-order chi connectivity index (χ0) is 24.0. The largest absolute Gasteiger partial charge is 0.394 e. The second-order valence-corrected chi connectivity index (χ2v) is 8.97. The Balaban J connectivity index is 1.69. The Morgan fingerprint density at radius 2 is 1.39 bits per heavy atom. The van der Waals surface area contributed by atoms with Crippen LogP contribution in [0.5, 0.6) is 0 Å². The van der Waals surface area contributed by atoms with Crippen LogP contribution < -0.4 is 0 Å². The van der Waals surface area contributed by atoms with Gasteiger partial charge in [0.15, 0.2) is 11.7 Å². The Labute approximate surface area is 192 Å². The van der Waals surface area contributed by atoms with Gasteiger partial charge in [-0.1, -0.05) is 61.9 Å². The minimum atomic E-state index is -4.40. The van der Waals surface area contributed by atoms with E-state index in [2.05, 4.69) is 11.7 Å². The molecule has 1 fully saturated rings. The third kappa shape index (κ3) is 6.66. The molecule has 1 atom stereocenters. The molecule has 0 amide bonds. The lowest BCUT2D eigenvalue weighted by atomic mass is 9.78. The first-order valence-corrected chi connectivity index (χ1v) is 11.5. The lowest BCUT2D eigenvalue weighted by Crippen LogP contribution is -2.29. The van der Waals surface area contributed by atoms with Gasteiger partial charge in [0.05, 0.1) is 12.5 Å². The molecule has 0 bridgehead atoms. The van der Waals surface area contributed by atoms with Crippen LogP contribution in [-0.2, 0) is 11.2 Å². The molecule has 33 heavy (non-hydrogen) atoms. The van der Waals surface area contributed by atoms with Crippen molar-refractivity contribution in [3.8, 4) is 0 Å². The Kier molecular flexibility index (Phi) is 8.69. The molecule has 0 spiro atoms. The normalized spacial score (nSPS) is 20.9. The summed E-state index contributed by atoms with van der Waals surface area (Å²) in [6.45, 7) is 1.77. The van der Waals surface area contributed by atoms with E-state index in [-0.39, 0.29) is 17.5 Å². The van der Waals surface area contributed by atoms with Gasteiger partial charge in [-0.25, -0.2) is 8.78 Å². The number of ether oxygens (including phenoxy) is 1. The van der Waals surface area contributed by atoms with E-state index in [1.54, 1.807) is 12.1 Å². The molecule has 2 aromatic carbocycles. The number of rotatable bonds is 8. The molecule has 6 heteroatoms. The second kappa shape index (κ2) is 11.3. The van der Waals surface area contributed by atoms with Crippen LogP contribution in [0.3, 0.4) is 0 Å². The van der Waals surface area contributed by atoms with Crippen LogP contribution in [-0.4, -0.2) is 19.9 Å². The van der Waals surface area contributed by atoms with Crippen LogP contribution in [0, 0.1) is 11.8 Å². The summed E-state index contributed by atoms with van der Waals surface area (Å²) >= 11 is 0. The van der Waals surface area contributed by atoms with Gasteiger partial charge in [-0.05, 0) is 55.1 Å². The van der Waals surface area contributed by atoms with Crippen molar-refractivity contribution in [3.05, 3.63) is 70.8 Å². The Morgan fingerprint density at radius 1 is 0.879 bits per heavy atom. The van der Waals surface area contributed by atoms with Crippen molar-refractivity contribution in [2.45, 2.75) is 57.5 Å². The summed E-state index contributed by atoms with van der Waals surface area (Å²) in [6, 6.07) is 12.4. The molecule has 0 aromatic heterocycles. The molecule has 1 saturated carbocycles. The number of hydrogen-bond donors (Lipinski definition) is 0. The lowest BCUT2D eigenvalue weighted by Gasteiger charge is -2.28. The number of alkyl halides is 3.